The summed E-state index contributed by atoms with van der Waals surface area (Å²) in [6.07, 6.45) is 1.03. The van der Waals surface area contributed by atoms with Gasteiger partial charge in [0.05, 0.1) is 4.90 Å². The maximum atomic E-state index is 12.2. The second-order valence-corrected chi connectivity index (χ2v) is 7.23. The lowest BCUT2D eigenvalue weighted by atomic mass is 10.1. The quantitative estimate of drug-likeness (QED) is 0.881. The van der Waals surface area contributed by atoms with E-state index in [0.717, 1.165) is 25.1 Å². The first kappa shape index (κ1) is 14.0. The van der Waals surface area contributed by atoms with Gasteiger partial charge in [-0.3, -0.25) is 0 Å². The maximum absolute atomic E-state index is 12.2. The molecule has 1 aliphatic heterocycles. The minimum absolute atomic E-state index is 0.305. The van der Waals surface area contributed by atoms with E-state index in [0.29, 0.717) is 21.8 Å². The molecule has 0 radical (unpaired) electrons. The van der Waals surface area contributed by atoms with E-state index in [1.54, 1.807) is 12.1 Å². The van der Waals surface area contributed by atoms with Gasteiger partial charge in [0.25, 0.3) is 0 Å². The molecule has 4 nitrogen and oxygen atoms in total. The first-order chi connectivity index (χ1) is 8.49. The molecule has 100 valence electrons. The van der Waals surface area contributed by atoms with Crippen LogP contribution in [0.15, 0.2) is 27.6 Å². The number of nitrogens with one attached hydrogen (secondary N) is 2. The van der Waals surface area contributed by atoms with Gasteiger partial charge in [-0.15, -0.1) is 0 Å². The third-order valence-electron chi connectivity index (χ3n) is 3.10. The lowest BCUT2D eigenvalue weighted by Crippen LogP contribution is -2.30. The van der Waals surface area contributed by atoms with Crippen LogP contribution in [-0.2, 0) is 10.0 Å². The molecular formula is C12H17BrN2O2S. The number of hydrogen-bond donors (Lipinski definition) is 2. The number of sulfonamides is 1. The molecule has 1 aliphatic rings. The Bertz CT molecular complexity index is 525. The largest absolute Gasteiger partial charge is 0.316 e. The van der Waals surface area contributed by atoms with Gasteiger partial charge in [-0.2, -0.15) is 0 Å². The molecule has 2 rings (SSSR count). The number of benzene rings is 1. The standard InChI is InChI=1S/C12H17BrN2O2S/c1-9-2-3-12(11(13)6-9)18(16,17)15-8-10-4-5-14-7-10/h2-3,6,10,14-15H,4-5,7-8H2,1H3. The molecule has 1 aromatic rings. The van der Waals surface area contributed by atoms with Crippen molar-refractivity contribution in [1.82, 2.24) is 10.0 Å². The van der Waals surface area contributed by atoms with Crippen LogP contribution in [0.3, 0.4) is 0 Å². The zero-order valence-corrected chi connectivity index (χ0v) is 12.6. The molecule has 1 unspecified atom stereocenters. The Morgan fingerprint density at radius 2 is 2.28 bits per heavy atom. The van der Waals surface area contributed by atoms with E-state index in [1.807, 2.05) is 13.0 Å². The predicted octanol–water partition coefficient (Wildman–Crippen LogP) is 1.65. The molecule has 0 amide bonds. The van der Waals surface area contributed by atoms with Crippen LogP contribution in [0, 0.1) is 12.8 Å². The van der Waals surface area contributed by atoms with Crippen LogP contribution in [0.5, 0.6) is 0 Å². The normalized spacial score (nSPS) is 20.2. The third kappa shape index (κ3) is 3.32. The minimum atomic E-state index is -3.42. The predicted molar refractivity (Wildman–Crippen MR) is 75.0 cm³/mol. The van der Waals surface area contributed by atoms with Gasteiger partial charge in [0, 0.05) is 11.0 Å². The Labute approximate surface area is 116 Å². The van der Waals surface area contributed by atoms with E-state index in [9.17, 15) is 8.42 Å². The van der Waals surface area contributed by atoms with Gasteiger partial charge in [0.1, 0.15) is 0 Å². The molecule has 0 saturated carbocycles. The van der Waals surface area contributed by atoms with E-state index in [4.69, 9.17) is 0 Å². The summed E-state index contributed by atoms with van der Waals surface area (Å²) < 4.78 is 27.6. The average molecular weight is 333 g/mol. The van der Waals surface area contributed by atoms with Crippen LogP contribution in [0.4, 0.5) is 0 Å². The van der Waals surface area contributed by atoms with Gasteiger partial charge in [-0.05, 0) is 66.0 Å². The highest BCUT2D eigenvalue weighted by Crippen LogP contribution is 2.23. The first-order valence-electron chi connectivity index (χ1n) is 5.95. The van der Waals surface area contributed by atoms with Gasteiger partial charge in [-0.25, -0.2) is 13.1 Å². The van der Waals surface area contributed by atoms with Crippen molar-refractivity contribution in [2.24, 2.45) is 5.92 Å². The summed E-state index contributed by atoms with van der Waals surface area (Å²) >= 11 is 3.30. The van der Waals surface area contributed by atoms with E-state index in [2.05, 4.69) is 26.0 Å². The number of rotatable bonds is 4. The highest BCUT2D eigenvalue weighted by atomic mass is 79.9. The number of halogens is 1. The molecule has 1 saturated heterocycles. The van der Waals surface area contributed by atoms with Crippen LogP contribution < -0.4 is 10.0 Å². The summed E-state index contributed by atoms with van der Waals surface area (Å²) in [7, 11) is -3.42. The SMILES string of the molecule is Cc1ccc(S(=O)(=O)NCC2CCNC2)c(Br)c1. The molecule has 2 N–H and O–H groups in total. The number of hydrogen-bond acceptors (Lipinski definition) is 3. The summed E-state index contributed by atoms with van der Waals surface area (Å²) in [6.45, 7) is 4.28. The topological polar surface area (TPSA) is 58.2 Å². The van der Waals surface area contributed by atoms with Crippen molar-refractivity contribution < 1.29 is 8.42 Å². The van der Waals surface area contributed by atoms with Crippen molar-refractivity contribution >= 4 is 26.0 Å². The Kier molecular flexibility index (Phi) is 4.42. The Morgan fingerprint density at radius 3 is 2.89 bits per heavy atom. The fraction of sp³-hybridized carbons (Fsp3) is 0.500. The molecule has 1 fully saturated rings. The van der Waals surface area contributed by atoms with E-state index in [1.165, 1.54) is 0 Å². The lowest BCUT2D eigenvalue weighted by molar-refractivity contribution is 0.538. The first-order valence-corrected chi connectivity index (χ1v) is 8.23. The van der Waals surface area contributed by atoms with Crippen LogP contribution in [0.2, 0.25) is 0 Å². The fourth-order valence-corrected chi connectivity index (χ4v) is 4.32. The third-order valence-corrected chi connectivity index (χ3v) is 5.50. The molecule has 0 spiro atoms. The Hall–Kier alpha value is -0.430. The maximum Gasteiger partial charge on any atom is 0.241 e. The van der Waals surface area contributed by atoms with Gasteiger partial charge in [0.15, 0.2) is 0 Å². The lowest BCUT2D eigenvalue weighted by Gasteiger charge is -2.12. The zero-order valence-electron chi connectivity index (χ0n) is 10.2. The minimum Gasteiger partial charge on any atom is -0.316 e. The van der Waals surface area contributed by atoms with Crippen LogP contribution in [0.25, 0.3) is 0 Å². The van der Waals surface area contributed by atoms with Crippen molar-refractivity contribution in [3.8, 4) is 0 Å². The summed E-state index contributed by atoms with van der Waals surface area (Å²) in [6, 6.07) is 5.25. The highest BCUT2D eigenvalue weighted by molar-refractivity contribution is 9.10. The van der Waals surface area contributed by atoms with Gasteiger partial charge >= 0.3 is 0 Å². The molecule has 1 atom stereocenters. The molecule has 6 heteroatoms. The van der Waals surface area contributed by atoms with E-state index < -0.39 is 10.0 Å². The second kappa shape index (κ2) is 5.69. The second-order valence-electron chi connectivity index (χ2n) is 4.64. The van der Waals surface area contributed by atoms with Gasteiger partial charge in [0.2, 0.25) is 10.0 Å². The van der Waals surface area contributed by atoms with Crippen LogP contribution in [0.1, 0.15) is 12.0 Å². The van der Waals surface area contributed by atoms with Gasteiger partial charge in [-0.1, -0.05) is 6.07 Å². The Morgan fingerprint density at radius 1 is 1.50 bits per heavy atom. The highest BCUT2D eigenvalue weighted by Gasteiger charge is 2.21. The molecule has 0 aromatic heterocycles. The molecule has 0 bridgehead atoms. The van der Waals surface area contributed by atoms with Crippen molar-refractivity contribution in [2.45, 2.75) is 18.2 Å². The van der Waals surface area contributed by atoms with E-state index in [-0.39, 0.29) is 0 Å². The monoisotopic (exact) mass is 332 g/mol. The average Bonchev–Trinajstić information content (AvgIpc) is 2.78. The Balaban J connectivity index is 2.09. The molecule has 18 heavy (non-hydrogen) atoms. The van der Waals surface area contributed by atoms with E-state index >= 15 is 0 Å². The van der Waals surface area contributed by atoms with Crippen LogP contribution in [-0.4, -0.2) is 28.1 Å². The fourth-order valence-electron chi connectivity index (χ4n) is 2.02. The molecule has 1 aromatic carbocycles. The van der Waals surface area contributed by atoms with Crippen molar-refractivity contribution in [3.63, 3.8) is 0 Å². The van der Waals surface area contributed by atoms with Crippen molar-refractivity contribution in [1.29, 1.82) is 0 Å². The molecular weight excluding hydrogens is 316 g/mol. The number of aryl methyl sites for hydroxylation is 1. The summed E-state index contributed by atoms with van der Waals surface area (Å²) in [4.78, 5) is 0.305. The molecule has 1 heterocycles. The van der Waals surface area contributed by atoms with Crippen molar-refractivity contribution in [2.75, 3.05) is 19.6 Å². The molecule has 0 aliphatic carbocycles. The summed E-state index contributed by atoms with van der Waals surface area (Å²) in [5, 5.41) is 3.22. The zero-order chi connectivity index (χ0) is 13.2. The summed E-state index contributed by atoms with van der Waals surface area (Å²) in [5.41, 5.74) is 1.03. The van der Waals surface area contributed by atoms with Gasteiger partial charge < -0.3 is 5.32 Å². The smallest absolute Gasteiger partial charge is 0.241 e. The van der Waals surface area contributed by atoms with Crippen molar-refractivity contribution in [3.05, 3.63) is 28.2 Å². The summed E-state index contributed by atoms with van der Waals surface area (Å²) in [5.74, 6) is 0.393. The van der Waals surface area contributed by atoms with Crippen LogP contribution >= 0.6 is 15.9 Å².